The van der Waals surface area contributed by atoms with E-state index in [0.29, 0.717) is 22.6 Å². The highest BCUT2D eigenvalue weighted by molar-refractivity contribution is 9.10. The largest absolute Gasteiger partial charge is 0.340 e. The molecule has 1 aromatic carbocycles. The summed E-state index contributed by atoms with van der Waals surface area (Å²) < 4.78 is 13.9. The van der Waals surface area contributed by atoms with Crippen LogP contribution in [0.4, 0.5) is 4.39 Å². The fraction of sp³-hybridized carbons (Fsp3) is 0.533. The average molecular weight is 343 g/mol. The van der Waals surface area contributed by atoms with Gasteiger partial charge in [-0.1, -0.05) is 6.92 Å². The first kappa shape index (κ1) is 15.4. The van der Waals surface area contributed by atoms with E-state index in [1.165, 1.54) is 12.5 Å². The molecule has 0 bridgehead atoms. The summed E-state index contributed by atoms with van der Waals surface area (Å²) in [4.78, 5) is 16.4. The second-order valence-electron chi connectivity index (χ2n) is 5.24. The van der Waals surface area contributed by atoms with Gasteiger partial charge in [0.25, 0.3) is 5.91 Å². The summed E-state index contributed by atoms with van der Waals surface area (Å²) in [5, 5.41) is 0. The lowest BCUT2D eigenvalue weighted by molar-refractivity contribution is 0.0754. The maximum Gasteiger partial charge on any atom is 0.253 e. The minimum atomic E-state index is -0.402. The molecule has 1 amide bonds. The molecule has 0 N–H and O–H groups in total. The Hall–Kier alpha value is -0.940. The molecule has 1 atom stereocenters. The fourth-order valence-corrected chi connectivity index (χ4v) is 3.01. The maximum atomic E-state index is 13.5. The minimum absolute atomic E-state index is 0.126. The number of rotatable bonds is 4. The second-order valence-corrected chi connectivity index (χ2v) is 6.09. The van der Waals surface area contributed by atoms with E-state index in [4.69, 9.17) is 0 Å². The number of hydrogen-bond acceptors (Lipinski definition) is 2. The van der Waals surface area contributed by atoms with E-state index in [1.807, 2.05) is 0 Å². The molecular formula is C15H20BrFN2O. The molecule has 2 rings (SSSR count). The van der Waals surface area contributed by atoms with Crippen LogP contribution in [0.3, 0.4) is 0 Å². The molecule has 5 heteroatoms. The van der Waals surface area contributed by atoms with Gasteiger partial charge in [-0.15, -0.1) is 0 Å². The van der Waals surface area contributed by atoms with E-state index in [1.54, 1.807) is 24.1 Å². The van der Waals surface area contributed by atoms with Crippen molar-refractivity contribution in [1.29, 1.82) is 0 Å². The highest BCUT2D eigenvalue weighted by Crippen LogP contribution is 2.20. The molecule has 0 aromatic heterocycles. The Bertz CT molecular complexity index is 495. The predicted octanol–water partition coefficient (Wildman–Crippen LogP) is 3.14. The monoisotopic (exact) mass is 342 g/mol. The number of carbonyl (C=O) groups is 1. The number of hydrogen-bond donors (Lipinski definition) is 0. The van der Waals surface area contributed by atoms with Crippen molar-refractivity contribution in [1.82, 2.24) is 9.80 Å². The summed E-state index contributed by atoms with van der Waals surface area (Å²) in [6.07, 6.45) is 2.31. The van der Waals surface area contributed by atoms with E-state index in [9.17, 15) is 9.18 Å². The van der Waals surface area contributed by atoms with E-state index < -0.39 is 5.82 Å². The molecule has 1 aliphatic heterocycles. The lowest BCUT2D eigenvalue weighted by Crippen LogP contribution is -2.41. The molecule has 0 aliphatic carbocycles. The summed E-state index contributed by atoms with van der Waals surface area (Å²) in [7, 11) is 1.79. The molecule has 1 heterocycles. The topological polar surface area (TPSA) is 23.6 Å². The van der Waals surface area contributed by atoms with Crippen molar-refractivity contribution in [2.45, 2.75) is 25.8 Å². The van der Waals surface area contributed by atoms with Crippen molar-refractivity contribution in [2.75, 3.05) is 26.7 Å². The molecule has 0 spiro atoms. The molecular weight excluding hydrogens is 323 g/mol. The van der Waals surface area contributed by atoms with E-state index >= 15 is 0 Å². The van der Waals surface area contributed by atoms with E-state index in [0.717, 1.165) is 19.5 Å². The van der Waals surface area contributed by atoms with Gasteiger partial charge in [-0.2, -0.15) is 0 Å². The number of halogens is 2. The average Bonchev–Trinajstić information content (AvgIpc) is 2.88. The van der Waals surface area contributed by atoms with Gasteiger partial charge < -0.3 is 4.90 Å². The lowest BCUT2D eigenvalue weighted by atomic mass is 10.1. The molecule has 1 unspecified atom stereocenters. The van der Waals surface area contributed by atoms with Gasteiger partial charge in [-0.05, 0) is 60.1 Å². The van der Waals surface area contributed by atoms with Crippen LogP contribution in [0.5, 0.6) is 0 Å². The highest BCUT2D eigenvalue weighted by atomic mass is 79.9. The van der Waals surface area contributed by atoms with Gasteiger partial charge in [-0.25, -0.2) is 4.39 Å². The summed E-state index contributed by atoms with van der Waals surface area (Å²) in [5.41, 5.74) is 0.397. The van der Waals surface area contributed by atoms with E-state index in [-0.39, 0.29) is 5.91 Å². The molecule has 1 aliphatic rings. The molecule has 1 fully saturated rings. The smallest absolute Gasteiger partial charge is 0.253 e. The third-order valence-corrected chi connectivity index (χ3v) is 4.55. The molecule has 1 aromatic rings. The van der Waals surface area contributed by atoms with Crippen LogP contribution in [0.25, 0.3) is 0 Å². The second kappa shape index (κ2) is 6.68. The van der Waals surface area contributed by atoms with Crippen LogP contribution in [0.1, 0.15) is 30.1 Å². The SMILES string of the molecule is CCN1CCCC1CN(C)C(=O)c1ccc(Br)c(F)c1. The summed E-state index contributed by atoms with van der Waals surface area (Å²) in [6, 6.07) is 4.94. The third-order valence-electron chi connectivity index (χ3n) is 3.90. The first-order chi connectivity index (χ1) is 9.52. The Labute approximate surface area is 127 Å². The van der Waals surface area contributed by atoms with Crippen LogP contribution in [-0.4, -0.2) is 48.4 Å². The van der Waals surface area contributed by atoms with Crippen LogP contribution in [0, 0.1) is 5.82 Å². The van der Waals surface area contributed by atoms with Crippen LogP contribution in [-0.2, 0) is 0 Å². The standard InChI is InChI=1S/C15H20BrFN2O/c1-3-19-8-4-5-12(19)10-18(2)15(20)11-6-7-13(16)14(17)9-11/h6-7,9,12H,3-5,8,10H2,1-2H3. The van der Waals surface area contributed by atoms with Crippen LogP contribution in [0.2, 0.25) is 0 Å². The third kappa shape index (κ3) is 3.38. The number of likely N-dealkylation sites (N-methyl/N-ethyl adjacent to an activating group) is 2. The summed E-state index contributed by atoms with van der Waals surface area (Å²) in [5.74, 6) is -0.528. The van der Waals surface area contributed by atoms with Crippen molar-refractivity contribution in [3.05, 3.63) is 34.1 Å². The van der Waals surface area contributed by atoms with Crippen LogP contribution >= 0.6 is 15.9 Å². The minimum Gasteiger partial charge on any atom is -0.340 e. The number of benzene rings is 1. The van der Waals surface area contributed by atoms with E-state index in [2.05, 4.69) is 27.8 Å². The van der Waals surface area contributed by atoms with Crippen LogP contribution < -0.4 is 0 Å². The Balaban J connectivity index is 2.03. The maximum absolute atomic E-state index is 13.5. The Morgan fingerprint density at radius 2 is 2.30 bits per heavy atom. The van der Waals surface area contributed by atoms with Gasteiger partial charge in [-0.3, -0.25) is 9.69 Å². The summed E-state index contributed by atoms with van der Waals surface area (Å²) in [6.45, 7) is 4.96. The molecule has 20 heavy (non-hydrogen) atoms. The number of carbonyl (C=O) groups excluding carboxylic acids is 1. The van der Waals surface area contributed by atoms with Crippen molar-refractivity contribution in [2.24, 2.45) is 0 Å². The molecule has 110 valence electrons. The number of nitrogens with zero attached hydrogens (tertiary/aromatic N) is 2. The van der Waals surface area contributed by atoms with Gasteiger partial charge in [0.1, 0.15) is 5.82 Å². The van der Waals surface area contributed by atoms with Gasteiger partial charge in [0.15, 0.2) is 0 Å². The van der Waals surface area contributed by atoms with Gasteiger partial charge in [0.2, 0.25) is 0 Å². The van der Waals surface area contributed by atoms with Crippen molar-refractivity contribution >= 4 is 21.8 Å². The number of amides is 1. The van der Waals surface area contributed by atoms with Crippen molar-refractivity contribution < 1.29 is 9.18 Å². The molecule has 0 saturated carbocycles. The Morgan fingerprint density at radius 1 is 1.55 bits per heavy atom. The molecule has 0 radical (unpaired) electrons. The predicted molar refractivity (Wildman–Crippen MR) is 81.3 cm³/mol. The zero-order valence-electron chi connectivity index (χ0n) is 11.9. The zero-order valence-corrected chi connectivity index (χ0v) is 13.5. The first-order valence-corrected chi connectivity index (χ1v) is 7.76. The molecule has 3 nitrogen and oxygen atoms in total. The Morgan fingerprint density at radius 3 is 2.95 bits per heavy atom. The summed E-state index contributed by atoms with van der Waals surface area (Å²) >= 11 is 3.10. The molecule has 1 saturated heterocycles. The van der Waals surface area contributed by atoms with Gasteiger partial charge in [0, 0.05) is 25.2 Å². The van der Waals surface area contributed by atoms with Gasteiger partial charge >= 0.3 is 0 Å². The normalized spacial score (nSPS) is 19.3. The highest BCUT2D eigenvalue weighted by Gasteiger charge is 2.26. The fourth-order valence-electron chi connectivity index (χ4n) is 2.77. The quantitative estimate of drug-likeness (QED) is 0.839. The van der Waals surface area contributed by atoms with Crippen molar-refractivity contribution in [3.63, 3.8) is 0 Å². The zero-order chi connectivity index (χ0) is 14.7. The van der Waals surface area contributed by atoms with Crippen molar-refractivity contribution in [3.8, 4) is 0 Å². The van der Waals surface area contributed by atoms with Gasteiger partial charge in [0.05, 0.1) is 4.47 Å². The first-order valence-electron chi connectivity index (χ1n) is 6.97. The van der Waals surface area contributed by atoms with Crippen LogP contribution in [0.15, 0.2) is 22.7 Å². The Kier molecular flexibility index (Phi) is 5.16. The lowest BCUT2D eigenvalue weighted by Gasteiger charge is -2.27. The number of likely N-dealkylation sites (tertiary alicyclic amines) is 1.